The van der Waals surface area contributed by atoms with Crippen LogP contribution in [-0.2, 0) is 4.79 Å². The van der Waals surface area contributed by atoms with Gasteiger partial charge in [-0.05, 0) is 23.8 Å². The standard InChI is InChI=1S/C13H11NO/c15-13(12-5-1-2-6-12)8-7-11-4-3-9-14-10-11/h1-10,12H/b8-7+. The van der Waals surface area contributed by atoms with Crippen LogP contribution < -0.4 is 0 Å². The predicted molar refractivity (Wildman–Crippen MR) is 60.0 cm³/mol. The Morgan fingerprint density at radius 2 is 2.13 bits per heavy atom. The second-order valence-corrected chi connectivity index (χ2v) is 3.32. The van der Waals surface area contributed by atoms with Crippen LogP contribution in [0.15, 0.2) is 54.9 Å². The minimum atomic E-state index is -0.0853. The molecule has 0 spiro atoms. The van der Waals surface area contributed by atoms with Gasteiger partial charge in [-0.1, -0.05) is 30.4 Å². The molecule has 2 heteroatoms. The van der Waals surface area contributed by atoms with Crippen molar-refractivity contribution in [2.75, 3.05) is 0 Å². The van der Waals surface area contributed by atoms with Gasteiger partial charge in [0.1, 0.15) is 0 Å². The summed E-state index contributed by atoms with van der Waals surface area (Å²) in [6, 6.07) is 3.76. The summed E-state index contributed by atoms with van der Waals surface area (Å²) < 4.78 is 0. The van der Waals surface area contributed by atoms with Gasteiger partial charge in [0.15, 0.2) is 5.78 Å². The summed E-state index contributed by atoms with van der Waals surface area (Å²) in [5, 5.41) is 0. The second-order valence-electron chi connectivity index (χ2n) is 3.32. The number of pyridine rings is 1. The fraction of sp³-hybridized carbons (Fsp3) is 0.0769. The first-order chi connectivity index (χ1) is 7.36. The van der Waals surface area contributed by atoms with Crippen molar-refractivity contribution in [1.82, 2.24) is 4.98 Å². The normalized spacial score (nSPS) is 15.2. The molecule has 0 aliphatic heterocycles. The lowest BCUT2D eigenvalue weighted by molar-refractivity contribution is -0.115. The van der Waals surface area contributed by atoms with Crippen LogP contribution in [0.4, 0.5) is 0 Å². The molecule has 1 aliphatic rings. The van der Waals surface area contributed by atoms with Crippen molar-refractivity contribution in [3.8, 4) is 0 Å². The van der Waals surface area contributed by atoms with E-state index in [1.165, 1.54) is 0 Å². The summed E-state index contributed by atoms with van der Waals surface area (Å²) in [6.07, 6.45) is 14.4. The third kappa shape index (κ3) is 2.50. The number of hydrogen-bond donors (Lipinski definition) is 0. The van der Waals surface area contributed by atoms with Crippen molar-refractivity contribution in [3.05, 3.63) is 60.5 Å². The van der Waals surface area contributed by atoms with Gasteiger partial charge in [0.25, 0.3) is 0 Å². The lowest BCUT2D eigenvalue weighted by Crippen LogP contribution is -2.03. The van der Waals surface area contributed by atoms with E-state index in [4.69, 9.17) is 0 Å². The van der Waals surface area contributed by atoms with Crippen LogP contribution in [0, 0.1) is 5.92 Å². The summed E-state index contributed by atoms with van der Waals surface area (Å²) in [7, 11) is 0. The maximum Gasteiger partial charge on any atom is 0.166 e. The molecule has 74 valence electrons. The molecule has 0 saturated heterocycles. The van der Waals surface area contributed by atoms with E-state index >= 15 is 0 Å². The topological polar surface area (TPSA) is 30.0 Å². The molecule has 1 heterocycles. The number of carbonyl (C=O) groups excluding carboxylic acids is 1. The van der Waals surface area contributed by atoms with Crippen molar-refractivity contribution in [2.45, 2.75) is 0 Å². The first-order valence-corrected chi connectivity index (χ1v) is 4.83. The van der Waals surface area contributed by atoms with Crippen molar-refractivity contribution in [1.29, 1.82) is 0 Å². The van der Waals surface area contributed by atoms with Crippen molar-refractivity contribution >= 4 is 11.9 Å². The highest BCUT2D eigenvalue weighted by Crippen LogP contribution is 2.11. The fourth-order valence-corrected chi connectivity index (χ4v) is 1.39. The van der Waals surface area contributed by atoms with Crippen molar-refractivity contribution < 1.29 is 4.79 Å². The van der Waals surface area contributed by atoms with Crippen LogP contribution in [-0.4, -0.2) is 10.8 Å². The Morgan fingerprint density at radius 1 is 1.33 bits per heavy atom. The molecule has 0 fully saturated rings. The Labute approximate surface area is 88.7 Å². The van der Waals surface area contributed by atoms with Gasteiger partial charge in [-0.15, -0.1) is 0 Å². The summed E-state index contributed by atoms with van der Waals surface area (Å²) in [4.78, 5) is 15.6. The number of hydrogen-bond acceptors (Lipinski definition) is 2. The third-order valence-corrected chi connectivity index (χ3v) is 2.20. The zero-order chi connectivity index (χ0) is 10.5. The van der Waals surface area contributed by atoms with E-state index in [-0.39, 0.29) is 11.7 Å². The van der Waals surface area contributed by atoms with Gasteiger partial charge in [-0.25, -0.2) is 0 Å². The molecule has 0 unspecified atom stereocenters. The van der Waals surface area contributed by atoms with Crippen molar-refractivity contribution in [2.24, 2.45) is 5.92 Å². The molecule has 0 amide bonds. The lowest BCUT2D eigenvalue weighted by atomic mass is 10.1. The molecule has 0 bridgehead atoms. The number of rotatable bonds is 3. The van der Waals surface area contributed by atoms with E-state index in [1.54, 1.807) is 24.5 Å². The van der Waals surface area contributed by atoms with Gasteiger partial charge in [0.05, 0.1) is 5.92 Å². The fourth-order valence-electron chi connectivity index (χ4n) is 1.39. The van der Waals surface area contributed by atoms with E-state index in [1.807, 2.05) is 36.4 Å². The van der Waals surface area contributed by atoms with Crippen LogP contribution >= 0.6 is 0 Å². The summed E-state index contributed by atoms with van der Waals surface area (Å²) >= 11 is 0. The van der Waals surface area contributed by atoms with Crippen LogP contribution in [0.5, 0.6) is 0 Å². The van der Waals surface area contributed by atoms with E-state index < -0.39 is 0 Å². The molecule has 1 aromatic rings. The third-order valence-electron chi connectivity index (χ3n) is 2.20. The second kappa shape index (κ2) is 4.51. The molecule has 0 atom stereocenters. The van der Waals surface area contributed by atoms with E-state index in [2.05, 4.69) is 4.98 Å². The molecular formula is C13H11NO. The lowest BCUT2D eigenvalue weighted by Gasteiger charge is -1.97. The Morgan fingerprint density at radius 3 is 2.80 bits per heavy atom. The molecule has 0 saturated carbocycles. The summed E-state index contributed by atoms with van der Waals surface area (Å²) in [5.41, 5.74) is 0.941. The monoisotopic (exact) mass is 197 g/mol. The molecule has 0 aromatic carbocycles. The van der Waals surface area contributed by atoms with Gasteiger partial charge in [-0.3, -0.25) is 9.78 Å². The van der Waals surface area contributed by atoms with Gasteiger partial charge < -0.3 is 0 Å². The van der Waals surface area contributed by atoms with Gasteiger partial charge in [-0.2, -0.15) is 0 Å². The summed E-state index contributed by atoms with van der Waals surface area (Å²) in [5.74, 6) is 0.0155. The average molecular weight is 197 g/mol. The molecule has 1 aromatic heterocycles. The van der Waals surface area contributed by atoms with Crippen LogP contribution in [0.3, 0.4) is 0 Å². The van der Waals surface area contributed by atoms with E-state index in [0.717, 1.165) is 5.56 Å². The van der Waals surface area contributed by atoms with E-state index in [9.17, 15) is 4.79 Å². The predicted octanol–water partition coefficient (Wildman–Crippen LogP) is 2.41. The summed E-state index contributed by atoms with van der Waals surface area (Å²) in [6.45, 7) is 0. The van der Waals surface area contributed by atoms with Crippen LogP contribution in [0.25, 0.3) is 6.08 Å². The van der Waals surface area contributed by atoms with E-state index in [0.29, 0.717) is 0 Å². The molecule has 0 radical (unpaired) electrons. The number of aromatic nitrogens is 1. The highest BCUT2D eigenvalue weighted by atomic mass is 16.1. The zero-order valence-corrected chi connectivity index (χ0v) is 8.21. The highest BCUT2D eigenvalue weighted by molar-refractivity contribution is 5.97. The van der Waals surface area contributed by atoms with Gasteiger partial charge >= 0.3 is 0 Å². The maximum absolute atomic E-state index is 11.6. The minimum absolute atomic E-state index is 0.0853. The van der Waals surface area contributed by atoms with Gasteiger partial charge in [0.2, 0.25) is 0 Å². The first kappa shape index (κ1) is 9.59. The molecule has 2 rings (SSSR count). The minimum Gasteiger partial charge on any atom is -0.294 e. The molecule has 0 N–H and O–H groups in total. The molecule has 15 heavy (non-hydrogen) atoms. The van der Waals surface area contributed by atoms with Crippen LogP contribution in [0.1, 0.15) is 5.56 Å². The molecule has 2 nitrogen and oxygen atoms in total. The smallest absolute Gasteiger partial charge is 0.166 e. The Kier molecular flexibility index (Phi) is 2.88. The average Bonchev–Trinajstić information content (AvgIpc) is 2.81. The quantitative estimate of drug-likeness (QED) is 0.696. The number of carbonyl (C=O) groups is 1. The van der Waals surface area contributed by atoms with Crippen molar-refractivity contribution in [3.63, 3.8) is 0 Å². The Bertz CT molecular complexity index is 417. The first-order valence-electron chi connectivity index (χ1n) is 4.83. The SMILES string of the molecule is O=C(/C=C/c1cccnc1)C1C=CC=C1. The van der Waals surface area contributed by atoms with Gasteiger partial charge in [0, 0.05) is 12.4 Å². The zero-order valence-electron chi connectivity index (χ0n) is 8.21. The Hall–Kier alpha value is -1.96. The largest absolute Gasteiger partial charge is 0.294 e. The van der Waals surface area contributed by atoms with Crippen LogP contribution in [0.2, 0.25) is 0 Å². The Balaban J connectivity index is 2.03. The maximum atomic E-state index is 11.6. The number of nitrogens with zero attached hydrogens (tertiary/aromatic N) is 1. The number of ketones is 1. The molecule has 1 aliphatic carbocycles. The number of allylic oxidation sites excluding steroid dienone is 5. The molecular weight excluding hydrogens is 186 g/mol. The highest BCUT2D eigenvalue weighted by Gasteiger charge is 2.10.